The molecule has 0 radical (unpaired) electrons. The highest BCUT2D eigenvalue weighted by molar-refractivity contribution is 5.77. The first-order valence-electron chi connectivity index (χ1n) is 5.73. The van der Waals surface area contributed by atoms with Crippen LogP contribution in [-0.2, 0) is 7.05 Å². The third-order valence-corrected chi connectivity index (χ3v) is 2.86. The molecule has 0 saturated carbocycles. The van der Waals surface area contributed by atoms with Gasteiger partial charge < -0.3 is 19.9 Å². The Morgan fingerprint density at radius 1 is 1.44 bits per heavy atom. The number of aromatic nitrogens is 1. The van der Waals surface area contributed by atoms with Gasteiger partial charge in [-0.05, 0) is 18.6 Å². The molecule has 1 atom stereocenters. The van der Waals surface area contributed by atoms with Crippen molar-refractivity contribution >= 4 is 16.8 Å². The van der Waals surface area contributed by atoms with Gasteiger partial charge in [0.15, 0.2) is 5.58 Å². The van der Waals surface area contributed by atoms with E-state index >= 15 is 0 Å². The smallest absolute Gasteiger partial charge is 0.408 e. The van der Waals surface area contributed by atoms with Crippen molar-refractivity contribution in [1.29, 1.82) is 0 Å². The monoisotopic (exact) mass is 252 g/mol. The van der Waals surface area contributed by atoms with Gasteiger partial charge in [-0.2, -0.15) is 0 Å². The van der Waals surface area contributed by atoms with E-state index in [4.69, 9.17) is 14.6 Å². The van der Waals surface area contributed by atoms with E-state index in [1.165, 1.54) is 4.57 Å². The molecular weight excluding hydrogens is 236 g/mol. The van der Waals surface area contributed by atoms with Gasteiger partial charge in [0.1, 0.15) is 0 Å². The molecule has 0 saturated heterocycles. The Morgan fingerprint density at radius 2 is 2.22 bits per heavy atom. The van der Waals surface area contributed by atoms with E-state index in [2.05, 4.69) is 5.32 Å². The zero-order chi connectivity index (χ0) is 13.1. The molecule has 1 aromatic heterocycles. The number of nitrogens with one attached hydrogen (secondary N) is 1. The molecule has 2 rings (SSSR count). The maximum Gasteiger partial charge on any atom is 0.419 e. The Balaban J connectivity index is 2.27. The molecule has 3 N–H and O–H groups in total. The molecule has 0 bridgehead atoms. The highest BCUT2D eigenvalue weighted by atomic mass is 16.4. The van der Waals surface area contributed by atoms with Crippen LogP contribution in [0.3, 0.4) is 0 Å². The minimum absolute atomic E-state index is 0.000884. The van der Waals surface area contributed by atoms with Gasteiger partial charge in [0.25, 0.3) is 0 Å². The van der Waals surface area contributed by atoms with Crippen molar-refractivity contribution in [2.24, 2.45) is 7.05 Å². The molecule has 0 aliphatic heterocycles. The second-order valence-electron chi connectivity index (χ2n) is 4.15. The Labute approximate surface area is 103 Å². The molecular formula is C12H16N2O4. The first kappa shape index (κ1) is 12.7. The number of rotatable bonds is 5. The first-order chi connectivity index (χ1) is 8.65. The summed E-state index contributed by atoms with van der Waals surface area (Å²) in [6.45, 7) is -0.0712. The van der Waals surface area contributed by atoms with Crippen LogP contribution in [0.2, 0.25) is 0 Å². The van der Waals surface area contributed by atoms with Crippen LogP contribution in [0.1, 0.15) is 6.42 Å². The van der Waals surface area contributed by atoms with E-state index in [0.29, 0.717) is 17.5 Å². The Hall–Kier alpha value is -1.79. The predicted molar refractivity (Wildman–Crippen MR) is 67.7 cm³/mol. The van der Waals surface area contributed by atoms with E-state index in [1.807, 2.05) is 0 Å². The molecule has 1 unspecified atom stereocenters. The number of oxazole rings is 1. The van der Waals surface area contributed by atoms with Crippen LogP contribution in [0.5, 0.6) is 0 Å². The van der Waals surface area contributed by atoms with Crippen LogP contribution in [0.15, 0.2) is 27.4 Å². The highest BCUT2D eigenvalue weighted by Crippen LogP contribution is 2.18. The second-order valence-corrected chi connectivity index (χ2v) is 4.15. The fraction of sp³-hybridized carbons (Fsp3) is 0.417. The number of aliphatic hydroxyl groups excluding tert-OH is 2. The summed E-state index contributed by atoms with van der Waals surface area (Å²) in [5, 5.41) is 21.0. The lowest BCUT2D eigenvalue weighted by molar-refractivity contribution is 0.229. The molecule has 0 spiro atoms. The summed E-state index contributed by atoms with van der Waals surface area (Å²) in [4.78, 5) is 11.3. The largest absolute Gasteiger partial charge is 0.419 e. The van der Waals surface area contributed by atoms with Crippen molar-refractivity contribution in [1.82, 2.24) is 4.57 Å². The minimum atomic E-state index is -0.406. The Morgan fingerprint density at radius 3 is 2.89 bits per heavy atom. The van der Waals surface area contributed by atoms with Crippen LogP contribution in [0.4, 0.5) is 5.69 Å². The summed E-state index contributed by atoms with van der Waals surface area (Å²) in [5.41, 5.74) is 1.95. The molecule has 0 aliphatic rings. The number of fused-ring (bicyclic) bond motifs is 1. The number of nitrogens with zero attached hydrogens (tertiary/aromatic N) is 1. The molecule has 98 valence electrons. The molecule has 0 fully saturated rings. The normalized spacial score (nSPS) is 12.8. The van der Waals surface area contributed by atoms with Crippen molar-refractivity contribution in [2.75, 3.05) is 18.5 Å². The van der Waals surface area contributed by atoms with Gasteiger partial charge in [-0.1, -0.05) is 0 Å². The Kier molecular flexibility index (Phi) is 3.69. The van der Waals surface area contributed by atoms with Crippen LogP contribution in [0.25, 0.3) is 11.1 Å². The number of aliphatic hydroxyl groups is 2. The van der Waals surface area contributed by atoms with Gasteiger partial charge >= 0.3 is 5.76 Å². The third-order valence-electron chi connectivity index (χ3n) is 2.86. The molecule has 6 nitrogen and oxygen atoms in total. The number of hydrogen-bond donors (Lipinski definition) is 3. The maximum absolute atomic E-state index is 11.3. The zero-order valence-corrected chi connectivity index (χ0v) is 10.1. The number of anilines is 1. The summed E-state index contributed by atoms with van der Waals surface area (Å²) < 4.78 is 6.50. The van der Waals surface area contributed by atoms with Crippen molar-refractivity contribution in [3.05, 3.63) is 28.7 Å². The van der Waals surface area contributed by atoms with Crippen molar-refractivity contribution in [2.45, 2.75) is 12.5 Å². The molecule has 6 heteroatoms. The predicted octanol–water partition coefficient (Wildman–Crippen LogP) is 0.287. The molecule has 1 aromatic carbocycles. The SMILES string of the molecule is Cn1c(=O)oc2cc(NC(CO)CCO)ccc21. The maximum atomic E-state index is 11.3. The average molecular weight is 252 g/mol. The lowest BCUT2D eigenvalue weighted by atomic mass is 10.2. The topological polar surface area (TPSA) is 87.6 Å². The fourth-order valence-corrected chi connectivity index (χ4v) is 1.82. The zero-order valence-electron chi connectivity index (χ0n) is 10.1. The number of hydrogen-bond acceptors (Lipinski definition) is 5. The van der Waals surface area contributed by atoms with Crippen LogP contribution < -0.4 is 11.1 Å². The Bertz CT molecular complexity index is 587. The van der Waals surface area contributed by atoms with Gasteiger partial charge in [0.2, 0.25) is 0 Å². The average Bonchev–Trinajstić information content (AvgIpc) is 2.64. The highest BCUT2D eigenvalue weighted by Gasteiger charge is 2.09. The van der Waals surface area contributed by atoms with Crippen LogP contribution >= 0.6 is 0 Å². The van der Waals surface area contributed by atoms with Gasteiger partial charge in [-0.25, -0.2) is 4.79 Å². The number of benzene rings is 1. The van der Waals surface area contributed by atoms with Gasteiger partial charge in [-0.3, -0.25) is 4.57 Å². The van der Waals surface area contributed by atoms with Crippen LogP contribution in [0, 0.1) is 0 Å². The molecule has 2 aromatic rings. The van der Waals surface area contributed by atoms with Gasteiger partial charge in [0, 0.05) is 25.4 Å². The van der Waals surface area contributed by atoms with Gasteiger partial charge in [0.05, 0.1) is 18.2 Å². The summed E-state index contributed by atoms with van der Waals surface area (Å²) in [7, 11) is 1.64. The van der Waals surface area contributed by atoms with Crippen molar-refractivity contribution in [3.8, 4) is 0 Å². The first-order valence-corrected chi connectivity index (χ1v) is 5.73. The molecule has 1 heterocycles. The standard InChI is InChI=1S/C12H16N2O4/c1-14-10-3-2-8(6-11(10)18-12(14)17)13-9(7-16)4-5-15/h2-3,6,9,13,15-16H,4-5,7H2,1H3. The van der Waals surface area contributed by atoms with Crippen LogP contribution in [-0.4, -0.2) is 34.0 Å². The summed E-state index contributed by atoms with van der Waals surface area (Å²) in [6.07, 6.45) is 0.452. The molecule has 0 amide bonds. The van der Waals surface area contributed by atoms with E-state index in [-0.39, 0.29) is 19.3 Å². The van der Waals surface area contributed by atoms with E-state index in [0.717, 1.165) is 5.69 Å². The van der Waals surface area contributed by atoms with Crippen molar-refractivity contribution < 1.29 is 14.6 Å². The van der Waals surface area contributed by atoms with E-state index in [1.54, 1.807) is 25.2 Å². The van der Waals surface area contributed by atoms with Gasteiger partial charge in [-0.15, -0.1) is 0 Å². The minimum Gasteiger partial charge on any atom is -0.408 e. The lowest BCUT2D eigenvalue weighted by Crippen LogP contribution is -2.24. The van der Waals surface area contributed by atoms with E-state index < -0.39 is 5.76 Å². The third kappa shape index (κ3) is 2.39. The van der Waals surface area contributed by atoms with E-state index in [9.17, 15) is 4.79 Å². The molecule has 18 heavy (non-hydrogen) atoms. The quantitative estimate of drug-likeness (QED) is 0.711. The number of aryl methyl sites for hydroxylation is 1. The fourth-order valence-electron chi connectivity index (χ4n) is 1.82. The lowest BCUT2D eigenvalue weighted by Gasteiger charge is -2.16. The molecule has 0 aliphatic carbocycles. The second kappa shape index (κ2) is 5.24. The van der Waals surface area contributed by atoms with Crippen molar-refractivity contribution in [3.63, 3.8) is 0 Å². The summed E-state index contributed by atoms with van der Waals surface area (Å²) >= 11 is 0. The summed E-state index contributed by atoms with van der Waals surface area (Å²) in [6, 6.07) is 5.06. The summed E-state index contributed by atoms with van der Waals surface area (Å²) in [5.74, 6) is -0.406.